The number of benzene rings is 3. The summed E-state index contributed by atoms with van der Waals surface area (Å²) < 4.78 is 0. The van der Waals surface area contributed by atoms with Gasteiger partial charge in [0.15, 0.2) is 0 Å². The number of hydrogen-bond acceptors (Lipinski definition) is 3. The molecule has 0 aliphatic carbocycles. The average Bonchev–Trinajstić information content (AvgIpc) is 2.79. The lowest BCUT2D eigenvalue weighted by Crippen LogP contribution is -2.19. The third-order valence-electron chi connectivity index (χ3n) is 4.62. The minimum atomic E-state index is -0.456. The number of hydrogen-bond donors (Lipinski definition) is 2. The summed E-state index contributed by atoms with van der Waals surface area (Å²) in [6, 6.07) is 24.4. The Morgan fingerprint density at radius 3 is 2.26 bits per heavy atom. The van der Waals surface area contributed by atoms with Crippen LogP contribution in [0.5, 0.6) is 0 Å². The summed E-state index contributed by atoms with van der Waals surface area (Å²) in [5.74, 6) is -0.134. The smallest absolute Gasteiger partial charge is 0.242 e. The van der Waals surface area contributed by atoms with Gasteiger partial charge in [-0.1, -0.05) is 67.4 Å². The van der Waals surface area contributed by atoms with Gasteiger partial charge in [0, 0.05) is 17.0 Å². The Hall–Kier alpha value is -2.76. The average molecular weight is 453 g/mol. The Bertz CT molecular complexity index is 1010. The van der Waals surface area contributed by atoms with Crippen LogP contribution in [0.4, 0.5) is 11.4 Å². The molecule has 0 saturated heterocycles. The highest BCUT2D eigenvalue weighted by molar-refractivity contribution is 8.00. The third-order valence-corrected chi connectivity index (χ3v) is 6.22. The first-order chi connectivity index (χ1) is 15.1. The number of carbonyl (C=O) groups is 2. The molecule has 0 radical (unpaired) electrons. The summed E-state index contributed by atoms with van der Waals surface area (Å²) in [5, 5.41) is 5.89. The Morgan fingerprint density at radius 1 is 0.903 bits per heavy atom. The lowest BCUT2D eigenvalue weighted by molar-refractivity contribution is -0.116. The minimum absolute atomic E-state index is 0.0172. The molecule has 160 valence electrons. The molecule has 4 nitrogen and oxygen atoms in total. The molecule has 3 aromatic rings. The first-order valence-electron chi connectivity index (χ1n) is 10.2. The molecule has 31 heavy (non-hydrogen) atoms. The standard InChI is InChI=1S/C25H25ClN2O2S/c1-2-3-13-23(29)27-19-14-16-20(17-15-19)31-24(18-9-5-4-6-10-18)25(30)28-22-12-8-7-11-21(22)26/h4-12,14-17,24H,2-3,13H2,1H3,(H,27,29)(H,28,30). The van der Waals surface area contributed by atoms with Crippen LogP contribution in [-0.4, -0.2) is 11.8 Å². The maximum absolute atomic E-state index is 13.1. The molecule has 3 rings (SSSR count). The molecule has 2 N–H and O–H groups in total. The number of halogens is 1. The molecule has 1 unspecified atom stereocenters. The molecule has 6 heteroatoms. The molecular formula is C25H25ClN2O2S. The van der Waals surface area contributed by atoms with Crippen LogP contribution in [0.25, 0.3) is 0 Å². The summed E-state index contributed by atoms with van der Waals surface area (Å²) in [5.41, 5.74) is 2.23. The van der Waals surface area contributed by atoms with Gasteiger partial charge in [0.1, 0.15) is 5.25 Å². The van der Waals surface area contributed by atoms with E-state index in [0.717, 1.165) is 29.0 Å². The van der Waals surface area contributed by atoms with Crippen molar-refractivity contribution in [1.82, 2.24) is 0 Å². The predicted octanol–water partition coefficient (Wildman–Crippen LogP) is 6.94. The van der Waals surface area contributed by atoms with E-state index in [0.29, 0.717) is 17.1 Å². The summed E-state index contributed by atoms with van der Waals surface area (Å²) in [7, 11) is 0. The van der Waals surface area contributed by atoms with Crippen LogP contribution >= 0.6 is 23.4 Å². The number of para-hydroxylation sites is 1. The van der Waals surface area contributed by atoms with Crippen molar-refractivity contribution in [3.05, 3.63) is 89.4 Å². The predicted molar refractivity (Wildman–Crippen MR) is 130 cm³/mol. The van der Waals surface area contributed by atoms with E-state index in [1.54, 1.807) is 12.1 Å². The zero-order valence-electron chi connectivity index (χ0n) is 17.3. The molecule has 0 heterocycles. The largest absolute Gasteiger partial charge is 0.326 e. The van der Waals surface area contributed by atoms with Gasteiger partial charge in [0.05, 0.1) is 10.7 Å². The van der Waals surface area contributed by atoms with Crippen LogP contribution in [0.3, 0.4) is 0 Å². The number of unbranched alkanes of at least 4 members (excludes halogenated alkanes) is 1. The number of amides is 2. The lowest BCUT2D eigenvalue weighted by Gasteiger charge is -2.18. The van der Waals surface area contributed by atoms with Crippen LogP contribution in [0, 0.1) is 0 Å². The third kappa shape index (κ3) is 6.88. The fourth-order valence-corrected chi connectivity index (χ4v) is 4.18. The summed E-state index contributed by atoms with van der Waals surface area (Å²) in [6.07, 6.45) is 2.38. The van der Waals surface area contributed by atoms with E-state index >= 15 is 0 Å². The molecule has 0 spiro atoms. The fourth-order valence-electron chi connectivity index (χ4n) is 2.98. The number of anilines is 2. The highest BCUT2D eigenvalue weighted by Crippen LogP contribution is 2.37. The Morgan fingerprint density at radius 2 is 1.58 bits per heavy atom. The van der Waals surface area contributed by atoms with Gasteiger partial charge in [-0.15, -0.1) is 11.8 Å². The molecule has 0 fully saturated rings. The summed E-state index contributed by atoms with van der Waals surface area (Å²) in [4.78, 5) is 26.0. The van der Waals surface area contributed by atoms with Gasteiger partial charge in [0.2, 0.25) is 11.8 Å². The highest BCUT2D eigenvalue weighted by atomic mass is 35.5. The van der Waals surface area contributed by atoms with Crippen molar-refractivity contribution in [2.75, 3.05) is 10.6 Å². The number of nitrogens with one attached hydrogen (secondary N) is 2. The Labute approximate surface area is 192 Å². The second-order valence-electron chi connectivity index (χ2n) is 7.05. The van der Waals surface area contributed by atoms with Gasteiger partial charge >= 0.3 is 0 Å². The van der Waals surface area contributed by atoms with Gasteiger partial charge in [-0.25, -0.2) is 0 Å². The zero-order valence-corrected chi connectivity index (χ0v) is 18.9. The number of rotatable bonds is 9. The van der Waals surface area contributed by atoms with E-state index in [1.165, 1.54) is 11.8 Å². The van der Waals surface area contributed by atoms with E-state index < -0.39 is 5.25 Å². The first kappa shape index (κ1) is 22.9. The minimum Gasteiger partial charge on any atom is -0.326 e. The lowest BCUT2D eigenvalue weighted by atomic mass is 10.1. The SMILES string of the molecule is CCCCC(=O)Nc1ccc(SC(C(=O)Nc2ccccc2Cl)c2ccccc2)cc1. The quantitative estimate of drug-likeness (QED) is 0.345. The number of carbonyl (C=O) groups excluding carboxylic acids is 2. The Balaban J connectivity index is 1.74. The highest BCUT2D eigenvalue weighted by Gasteiger charge is 2.22. The maximum atomic E-state index is 13.1. The van der Waals surface area contributed by atoms with Crippen molar-refractivity contribution in [3.8, 4) is 0 Å². The summed E-state index contributed by atoms with van der Waals surface area (Å²) >= 11 is 7.66. The van der Waals surface area contributed by atoms with Crippen LogP contribution in [0.15, 0.2) is 83.8 Å². The van der Waals surface area contributed by atoms with Crippen LogP contribution in [0.1, 0.15) is 37.0 Å². The summed E-state index contributed by atoms with van der Waals surface area (Å²) in [6.45, 7) is 2.06. The molecule has 0 saturated carbocycles. The topological polar surface area (TPSA) is 58.2 Å². The fraction of sp³-hybridized carbons (Fsp3) is 0.200. The van der Waals surface area contributed by atoms with Gasteiger partial charge in [0.25, 0.3) is 0 Å². The van der Waals surface area contributed by atoms with Gasteiger partial charge in [-0.2, -0.15) is 0 Å². The van der Waals surface area contributed by atoms with Crippen LogP contribution < -0.4 is 10.6 Å². The monoisotopic (exact) mass is 452 g/mol. The Kier molecular flexibility index (Phi) is 8.56. The van der Waals surface area contributed by atoms with E-state index in [9.17, 15) is 9.59 Å². The first-order valence-corrected chi connectivity index (χ1v) is 11.5. The molecule has 2 amide bonds. The van der Waals surface area contributed by atoms with Gasteiger partial charge in [-0.3, -0.25) is 9.59 Å². The van der Waals surface area contributed by atoms with Gasteiger partial charge in [-0.05, 0) is 48.4 Å². The molecule has 0 aromatic heterocycles. The normalized spacial score (nSPS) is 11.5. The maximum Gasteiger partial charge on any atom is 0.242 e. The van der Waals surface area contributed by atoms with Crippen molar-refractivity contribution in [1.29, 1.82) is 0 Å². The molecule has 0 aliphatic rings. The molecular weight excluding hydrogens is 428 g/mol. The van der Waals surface area contributed by atoms with Gasteiger partial charge < -0.3 is 10.6 Å². The second-order valence-corrected chi connectivity index (χ2v) is 8.64. The van der Waals surface area contributed by atoms with Crippen molar-refractivity contribution in [3.63, 3.8) is 0 Å². The van der Waals surface area contributed by atoms with Crippen molar-refractivity contribution >= 4 is 46.6 Å². The van der Waals surface area contributed by atoms with E-state index in [-0.39, 0.29) is 11.8 Å². The zero-order chi connectivity index (χ0) is 22.1. The van der Waals surface area contributed by atoms with Crippen LogP contribution in [-0.2, 0) is 9.59 Å². The van der Waals surface area contributed by atoms with E-state index in [4.69, 9.17) is 11.6 Å². The van der Waals surface area contributed by atoms with Crippen molar-refractivity contribution in [2.24, 2.45) is 0 Å². The molecule has 0 bridgehead atoms. The van der Waals surface area contributed by atoms with Crippen molar-refractivity contribution in [2.45, 2.75) is 36.3 Å². The second kappa shape index (κ2) is 11.6. The van der Waals surface area contributed by atoms with Crippen LogP contribution in [0.2, 0.25) is 5.02 Å². The molecule has 0 aliphatic heterocycles. The number of thioether (sulfide) groups is 1. The van der Waals surface area contributed by atoms with E-state index in [2.05, 4.69) is 17.6 Å². The molecule has 3 aromatic carbocycles. The van der Waals surface area contributed by atoms with Crippen molar-refractivity contribution < 1.29 is 9.59 Å². The van der Waals surface area contributed by atoms with E-state index in [1.807, 2.05) is 66.7 Å². The molecule has 1 atom stereocenters.